The van der Waals surface area contributed by atoms with Crippen molar-refractivity contribution in [2.24, 2.45) is 5.92 Å². The van der Waals surface area contributed by atoms with E-state index < -0.39 is 6.04 Å². The van der Waals surface area contributed by atoms with E-state index in [-0.39, 0.29) is 24.0 Å². The molecule has 2 aromatic rings. The second kappa shape index (κ2) is 15.1. The van der Waals surface area contributed by atoms with E-state index in [1.807, 2.05) is 59.6 Å². The van der Waals surface area contributed by atoms with Crippen LogP contribution in [-0.2, 0) is 27.4 Å². The Morgan fingerprint density at radius 2 is 1.62 bits per heavy atom. The third kappa shape index (κ3) is 9.30. The summed E-state index contributed by atoms with van der Waals surface area (Å²) >= 11 is 0. The molecular weight excluding hydrogens is 508 g/mol. The molecule has 2 aliphatic rings. The van der Waals surface area contributed by atoms with Crippen LogP contribution in [0.4, 0.5) is 0 Å². The van der Waals surface area contributed by atoms with Gasteiger partial charge < -0.3 is 19.9 Å². The van der Waals surface area contributed by atoms with Crippen molar-refractivity contribution in [3.8, 4) is 5.75 Å². The van der Waals surface area contributed by atoms with Crippen molar-refractivity contribution in [2.45, 2.75) is 64.3 Å². The van der Waals surface area contributed by atoms with Crippen LogP contribution in [0.5, 0.6) is 5.75 Å². The minimum atomic E-state index is -0.744. The Kier molecular flexibility index (Phi) is 11.3. The van der Waals surface area contributed by atoms with Gasteiger partial charge in [0.15, 0.2) is 0 Å². The second-order valence-electron chi connectivity index (χ2n) is 11.2. The van der Waals surface area contributed by atoms with Crippen LogP contribution >= 0.6 is 0 Å². The third-order valence-electron chi connectivity index (χ3n) is 7.46. The highest BCUT2D eigenvalue weighted by atomic mass is 16.5. The Hall–Kier alpha value is -2.98. The van der Waals surface area contributed by atoms with E-state index in [2.05, 4.69) is 29.5 Å². The van der Waals surface area contributed by atoms with Gasteiger partial charge in [-0.2, -0.15) is 0 Å². The lowest BCUT2D eigenvalue weighted by atomic mass is 9.99. The minimum Gasteiger partial charge on any atom is -0.489 e. The summed E-state index contributed by atoms with van der Waals surface area (Å²) in [5.74, 6) is 0.690. The van der Waals surface area contributed by atoms with Crippen molar-refractivity contribution in [3.05, 3.63) is 65.7 Å². The van der Waals surface area contributed by atoms with Crippen molar-refractivity contribution >= 4 is 11.8 Å². The van der Waals surface area contributed by atoms with E-state index in [1.54, 1.807) is 0 Å². The van der Waals surface area contributed by atoms with Crippen molar-refractivity contribution in [2.75, 3.05) is 39.4 Å². The van der Waals surface area contributed by atoms with Gasteiger partial charge in [-0.3, -0.25) is 19.9 Å². The summed E-state index contributed by atoms with van der Waals surface area (Å²) in [6.45, 7) is 8.44. The topological polar surface area (TPSA) is 103 Å². The van der Waals surface area contributed by atoms with Gasteiger partial charge in [-0.05, 0) is 48.4 Å². The molecule has 2 amide bonds. The van der Waals surface area contributed by atoms with Gasteiger partial charge in [0.2, 0.25) is 5.91 Å². The molecule has 9 nitrogen and oxygen atoms in total. The Morgan fingerprint density at radius 1 is 0.950 bits per heavy atom. The highest BCUT2D eigenvalue weighted by Crippen LogP contribution is 2.18. The predicted molar refractivity (Wildman–Crippen MR) is 153 cm³/mol. The summed E-state index contributed by atoms with van der Waals surface area (Å²) in [4.78, 5) is 29.3. The standard InChI is InChI=1S/C31H44N4O5/c1-23(2)20-29(34-16-18-39-19-17-34)31(38)32-28(30(37)33-35-14-12-26(36)13-15-35)21-24-8-10-27(11-9-24)40-22-25-6-4-3-5-7-25/h3-11,23,26,28-29,36H,12-22H2,1-2H3,(H,32,38)(H,33,37)/t28-,29+/m0/s1. The molecule has 4 rings (SSSR count). The van der Waals surface area contributed by atoms with E-state index in [1.165, 1.54) is 0 Å². The van der Waals surface area contributed by atoms with E-state index in [0.29, 0.717) is 77.6 Å². The number of carbonyl (C=O) groups excluding carboxylic acids is 2. The molecule has 9 heteroatoms. The third-order valence-corrected chi connectivity index (χ3v) is 7.46. The number of amides is 2. The summed E-state index contributed by atoms with van der Waals surface area (Å²) < 4.78 is 11.4. The molecule has 2 aliphatic heterocycles. The zero-order chi connectivity index (χ0) is 28.3. The molecule has 3 N–H and O–H groups in total. The molecule has 2 heterocycles. The first-order chi connectivity index (χ1) is 19.4. The van der Waals surface area contributed by atoms with Crippen LogP contribution in [0.15, 0.2) is 54.6 Å². The first-order valence-corrected chi connectivity index (χ1v) is 14.5. The number of rotatable bonds is 12. The largest absolute Gasteiger partial charge is 0.489 e. The quantitative estimate of drug-likeness (QED) is 0.372. The van der Waals surface area contributed by atoms with Crippen LogP contribution in [0.2, 0.25) is 0 Å². The Balaban J connectivity index is 1.44. The molecule has 0 bridgehead atoms. The highest BCUT2D eigenvalue weighted by Gasteiger charge is 2.32. The van der Waals surface area contributed by atoms with Crippen molar-refractivity contribution < 1.29 is 24.2 Å². The van der Waals surface area contributed by atoms with Gasteiger partial charge in [-0.15, -0.1) is 0 Å². The van der Waals surface area contributed by atoms with Crippen molar-refractivity contribution in [1.82, 2.24) is 20.7 Å². The van der Waals surface area contributed by atoms with Crippen LogP contribution in [-0.4, -0.2) is 84.4 Å². The number of aliphatic hydroxyl groups excluding tert-OH is 1. The van der Waals surface area contributed by atoms with Gasteiger partial charge in [0, 0.05) is 32.6 Å². The van der Waals surface area contributed by atoms with E-state index in [9.17, 15) is 14.7 Å². The summed E-state index contributed by atoms with van der Waals surface area (Å²) in [7, 11) is 0. The molecule has 2 aromatic carbocycles. The van der Waals surface area contributed by atoms with Gasteiger partial charge in [-0.1, -0.05) is 56.3 Å². The fourth-order valence-electron chi connectivity index (χ4n) is 5.14. The number of hydrogen-bond donors (Lipinski definition) is 3. The van der Waals surface area contributed by atoms with Gasteiger partial charge in [0.25, 0.3) is 5.91 Å². The lowest BCUT2D eigenvalue weighted by Gasteiger charge is -2.35. The number of hydrogen-bond acceptors (Lipinski definition) is 7. The van der Waals surface area contributed by atoms with Gasteiger partial charge >= 0.3 is 0 Å². The number of benzene rings is 2. The predicted octanol–water partition coefficient (Wildman–Crippen LogP) is 2.53. The molecule has 0 spiro atoms. The fourth-order valence-corrected chi connectivity index (χ4v) is 5.14. The summed E-state index contributed by atoms with van der Waals surface area (Å²) in [6, 6.07) is 16.6. The zero-order valence-electron chi connectivity index (χ0n) is 23.8. The lowest BCUT2D eigenvalue weighted by molar-refractivity contribution is -0.136. The molecular formula is C31H44N4O5. The average Bonchev–Trinajstić information content (AvgIpc) is 2.97. The number of ether oxygens (including phenoxy) is 2. The number of piperidine rings is 1. The molecule has 2 saturated heterocycles. The smallest absolute Gasteiger partial charge is 0.257 e. The molecule has 0 aromatic heterocycles. The van der Waals surface area contributed by atoms with Crippen LogP contribution in [0, 0.1) is 5.92 Å². The average molecular weight is 553 g/mol. The summed E-state index contributed by atoms with van der Waals surface area (Å²) in [5.41, 5.74) is 5.00. The van der Waals surface area contributed by atoms with Crippen LogP contribution in [0.3, 0.4) is 0 Å². The summed E-state index contributed by atoms with van der Waals surface area (Å²) in [5, 5.41) is 14.8. The number of nitrogens with one attached hydrogen (secondary N) is 2. The monoisotopic (exact) mass is 552 g/mol. The van der Waals surface area contributed by atoms with Gasteiger partial charge in [-0.25, -0.2) is 5.01 Å². The maximum absolute atomic E-state index is 13.7. The van der Waals surface area contributed by atoms with Gasteiger partial charge in [0.05, 0.1) is 25.4 Å². The number of nitrogens with zero attached hydrogens (tertiary/aromatic N) is 2. The minimum absolute atomic E-state index is 0.132. The van der Waals surface area contributed by atoms with Crippen molar-refractivity contribution in [1.29, 1.82) is 0 Å². The number of hydrazine groups is 1. The molecule has 2 atom stereocenters. The first kappa shape index (κ1) is 30.0. The highest BCUT2D eigenvalue weighted by molar-refractivity contribution is 5.89. The molecule has 0 aliphatic carbocycles. The summed E-state index contributed by atoms with van der Waals surface area (Å²) in [6.07, 6.45) is 1.93. The molecule has 0 saturated carbocycles. The Bertz CT molecular complexity index is 1050. The van der Waals surface area contributed by atoms with Gasteiger partial charge in [0.1, 0.15) is 18.4 Å². The Morgan fingerprint density at radius 3 is 2.27 bits per heavy atom. The lowest BCUT2D eigenvalue weighted by Crippen LogP contribution is -2.59. The van der Waals surface area contributed by atoms with E-state index in [4.69, 9.17) is 9.47 Å². The fraction of sp³-hybridized carbons (Fsp3) is 0.548. The number of morpholine rings is 1. The SMILES string of the molecule is CC(C)C[C@H](C(=O)N[C@@H](Cc1ccc(OCc2ccccc2)cc1)C(=O)NN1CCC(O)CC1)N1CCOCC1. The Labute approximate surface area is 237 Å². The maximum atomic E-state index is 13.7. The maximum Gasteiger partial charge on any atom is 0.257 e. The van der Waals surface area contributed by atoms with E-state index >= 15 is 0 Å². The first-order valence-electron chi connectivity index (χ1n) is 14.5. The number of aliphatic hydroxyl groups is 1. The van der Waals surface area contributed by atoms with Crippen molar-refractivity contribution in [3.63, 3.8) is 0 Å². The zero-order valence-corrected chi connectivity index (χ0v) is 23.8. The van der Waals surface area contributed by atoms with Crippen LogP contribution < -0.4 is 15.5 Å². The molecule has 2 fully saturated rings. The molecule has 0 unspecified atom stereocenters. The van der Waals surface area contributed by atoms with Crippen LogP contribution in [0.25, 0.3) is 0 Å². The molecule has 0 radical (unpaired) electrons. The second-order valence-corrected chi connectivity index (χ2v) is 11.2. The normalized spacial score (nSPS) is 18.7. The molecule has 40 heavy (non-hydrogen) atoms. The van der Waals surface area contributed by atoms with Crippen LogP contribution in [0.1, 0.15) is 44.2 Å². The molecule has 218 valence electrons. The number of carbonyl (C=O) groups is 2. The van der Waals surface area contributed by atoms with E-state index in [0.717, 1.165) is 16.9 Å².